The number of hydrogen-bond acceptors (Lipinski definition) is 3. The fourth-order valence-corrected chi connectivity index (χ4v) is 4.06. The van der Waals surface area contributed by atoms with Gasteiger partial charge in [-0.05, 0) is 61.7 Å². The van der Waals surface area contributed by atoms with E-state index in [1.807, 2.05) is 12.1 Å². The van der Waals surface area contributed by atoms with Crippen LogP contribution >= 0.6 is 12.4 Å². The largest absolute Gasteiger partial charge is 0.508 e. The van der Waals surface area contributed by atoms with E-state index in [4.69, 9.17) is 5.73 Å². The number of halogens is 1. The Kier molecular flexibility index (Phi) is 5.56. The lowest BCUT2D eigenvalue weighted by Crippen LogP contribution is -2.37. The van der Waals surface area contributed by atoms with E-state index in [1.54, 1.807) is 6.07 Å². The number of aryl methyl sites for hydroxylation is 1. The summed E-state index contributed by atoms with van der Waals surface area (Å²) in [6.07, 6.45) is 2.02. The van der Waals surface area contributed by atoms with Crippen molar-refractivity contribution in [2.75, 3.05) is 19.6 Å². The topological polar surface area (TPSA) is 65.3 Å². The molecule has 1 atom stereocenters. The molecule has 1 aromatic heterocycles. The first-order valence-corrected chi connectivity index (χ1v) is 9.01. The molecule has 4 N–H and O–H groups in total. The molecule has 1 unspecified atom stereocenters. The van der Waals surface area contributed by atoms with E-state index < -0.39 is 0 Å². The highest BCUT2D eigenvalue weighted by Gasteiger charge is 2.31. The zero-order chi connectivity index (χ0) is 17.4. The summed E-state index contributed by atoms with van der Waals surface area (Å²) in [5.74, 6) is 0.315. The van der Waals surface area contributed by atoms with Crippen LogP contribution in [0.5, 0.6) is 5.75 Å². The van der Waals surface area contributed by atoms with E-state index >= 15 is 0 Å². The van der Waals surface area contributed by atoms with Crippen LogP contribution in [0.25, 0.3) is 10.9 Å². The number of nitrogens with one attached hydrogen (secondary N) is 1. The average molecular weight is 372 g/mol. The fourth-order valence-electron chi connectivity index (χ4n) is 4.06. The van der Waals surface area contributed by atoms with Crippen molar-refractivity contribution in [3.63, 3.8) is 0 Å². The molecule has 0 amide bonds. The monoisotopic (exact) mass is 371 g/mol. The van der Waals surface area contributed by atoms with Gasteiger partial charge in [-0.15, -0.1) is 12.4 Å². The molecule has 2 heterocycles. The smallest absolute Gasteiger partial charge is 0.115 e. The van der Waals surface area contributed by atoms with Crippen LogP contribution in [0.2, 0.25) is 0 Å². The molecule has 2 aromatic carbocycles. The second-order valence-corrected chi connectivity index (χ2v) is 6.99. The SMILES string of the molecule is Cc1ccc2[nH]c3c(c2c1)CCN(CCCN)C3c1cccc(O)c1.Cl. The maximum Gasteiger partial charge on any atom is 0.115 e. The molecule has 0 saturated carbocycles. The summed E-state index contributed by atoms with van der Waals surface area (Å²) in [7, 11) is 0. The van der Waals surface area contributed by atoms with Crippen molar-refractivity contribution in [3.8, 4) is 5.75 Å². The van der Waals surface area contributed by atoms with Crippen LogP contribution in [0.15, 0.2) is 42.5 Å². The molecule has 26 heavy (non-hydrogen) atoms. The Balaban J connectivity index is 0.00000196. The van der Waals surface area contributed by atoms with Gasteiger partial charge in [0.2, 0.25) is 0 Å². The lowest BCUT2D eigenvalue weighted by molar-refractivity contribution is 0.209. The van der Waals surface area contributed by atoms with E-state index in [0.717, 1.165) is 31.5 Å². The van der Waals surface area contributed by atoms with E-state index in [1.165, 1.54) is 27.7 Å². The van der Waals surface area contributed by atoms with E-state index in [-0.39, 0.29) is 18.4 Å². The van der Waals surface area contributed by atoms with Gasteiger partial charge in [-0.2, -0.15) is 0 Å². The van der Waals surface area contributed by atoms with Gasteiger partial charge < -0.3 is 15.8 Å². The van der Waals surface area contributed by atoms with Crippen LogP contribution in [0, 0.1) is 6.92 Å². The van der Waals surface area contributed by atoms with Crippen LogP contribution in [0.4, 0.5) is 0 Å². The molecule has 0 bridgehead atoms. The number of aromatic hydroxyl groups is 1. The van der Waals surface area contributed by atoms with E-state index in [9.17, 15) is 5.11 Å². The zero-order valence-electron chi connectivity index (χ0n) is 15.0. The Morgan fingerprint density at radius 1 is 1.23 bits per heavy atom. The minimum absolute atomic E-state index is 0. The van der Waals surface area contributed by atoms with Crippen molar-refractivity contribution < 1.29 is 5.11 Å². The van der Waals surface area contributed by atoms with Gasteiger partial charge in [0.15, 0.2) is 0 Å². The number of benzene rings is 2. The summed E-state index contributed by atoms with van der Waals surface area (Å²) < 4.78 is 0. The summed E-state index contributed by atoms with van der Waals surface area (Å²) in [5.41, 5.74) is 12.0. The van der Waals surface area contributed by atoms with Gasteiger partial charge in [0.25, 0.3) is 0 Å². The summed E-state index contributed by atoms with van der Waals surface area (Å²) in [6, 6.07) is 14.4. The van der Waals surface area contributed by atoms with Gasteiger partial charge in [-0.3, -0.25) is 4.90 Å². The summed E-state index contributed by atoms with van der Waals surface area (Å²) in [4.78, 5) is 6.14. The Morgan fingerprint density at radius 3 is 2.85 bits per heavy atom. The van der Waals surface area contributed by atoms with Gasteiger partial charge in [0.1, 0.15) is 5.75 Å². The maximum absolute atomic E-state index is 9.98. The third-order valence-electron chi connectivity index (χ3n) is 5.22. The lowest BCUT2D eigenvalue weighted by Gasteiger charge is -2.36. The van der Waals surface area contributed by atoms with Gasteiger partial charge in [-0.1, -0.05) is 23.8 Å². The van der Waals surface area contributed by atoms with Crippen molar-refractivity contribution in [1.82, 2.24) is 9.88 Å². The molecular formula is C21H26ClN3O. The van der Waals surface area contributed by atoms with Crippen molar-refractivity contribution in [2.24, 2.45) is 5.73 Å². The zero-order valence-corrected chi connectivity index (χ0v) is 15.9. The number of nitrogens with two attached hydrogens (primary N) is 1. The molecule has 0 fully saturated rings. The number of aromatic nitrogens is 1. The molecule has 0 aliphatic carbocycles. The van der Waals surface area contributed by atoms with Crippen molar-refractivity contribution in [2.45, 2.75) is 25.8 Å². The number of phenolic OH excluding ortho intramolecular Hbond substituents is 1. The molecule has 5 heteroatoms. The second kappa shape index (κ2) is 7.70. The molecule has 0 radical (unpaired) electrons. The number of nitrogens with zero attached hydrogens (tertiary/aromatic N) is 1. The minimum Gasteiger partial charge on any atom is -0.508 e. The number of H-pyrrole nitrogens is 1. The molecule has 4 rings (SSSR count). The molecule has 1 aliphatic heterocycles. The van der Waals surface area contributed by atoms with Gasteiger partial charge in [0.05, 0.1) is 6.04 Å². The second-order valence-electron chi connectivity index (χ2n) is 6.99. The number of fused-ring (bicyclic) bond motifs is 3. The molecular weight excluding hydrogens is 346 g/mol. The van der Waals surface area contributed by atoms with Gasteiger partial charge in [0, 0.05) is 29.7 Å². The quantitative estimate of drug-likeness (QED) is 0.651. The predicted octanol–water partition coefficient (Wildman–Crippen LogP) is 3.90. The Bertz CT molecular complexity index is 905. The molecule has 0 saturated heterocycles. The van der Waals surface area contributed by atoms with Crippen LogP contribution in [0.3, 0.4) is 0 Å². The molecule has 1 aliphatic rings. The highest BCUT2D eigenvalue weighted by atomic mass is 35.5. The summed E-state index contributed by atoms with van der Waals surface area (Å²) in [5, 5.41) is 11.3. The highest BCUT2D eigenvalue weighted by molar-refractivity contribution is 5.86. The predicted molar refractivity (Wildman–Crippen MR) is 109 cm³/mol. The average Bonchev–Trinajstić information content (AvgIpc) is 2.97. The van der Waals surface area contributed by atoms with E-state index in [0.29, 0.717) is 12.3 Å². The van der Waals surface area contributed by atoms with Crippen LogP contribution in [-0.2, 0) is 6.42 Å². The first kappa shape index (κ1) is 18.8. The van der Waals surface area contributed by atoms with Crippen molar-refractivity contribution >= 4 is 23.3 Å². The number of phenols is 1. The Labute approximate surface area is 160 Å². The summed E-state index contributed by atoms with van der Waals surface area (Å²) >= 11 is 0. The minimum atomic E-state index is 0. The van der Waals surface area contributed by atoms with Crippen LogP contribution in [-0.4, -0.2) is 34.6 Å². The Hall–Kier alpha value is -2.01. The highest BCUT2D eigenvalue weighted by Crippen LogP contribution is 2.39. The van der Waals surface area contributed by atoms with E-state index in [2.05, 4.69) is 41.1 Å². The molecule has 0 spiro atoms. The summed E-state index contributed by atoms with van der Waals surface area (Å²) in [6.45, 7) is 4.81. The standard InChI is InChI=1S/C21H25N3O.ClH/c1-14-6-7-19-18(12-14)17-8-11-24(10-3-9-22)21(20(17)23-19)15-4-2-5-16(25)13-15;/h2,4-7,12-13,21,23,25H,3,8-11,22H2,1H3;1H. The first-order chi connectivity index (χ1) is 12.2. The normalized spacial score (nSPS) is 17.1. The third kappa shape index (κ3) is 3.32. The number of aromatic amines is 1. The third-order valence-corrected chi connectivity index (χ3v) is 5.22. The van der Waals surface area contributed by atoms with Gasteiger partial charge in [-0.25, -0.2) is 0 Å². The van der Waals surface area contributed by atoms with Crippen LogP contribution in [0.1, 0.15) is 34.8 Å². The van der Waals surface area contributed by atoms with Gasteiger partial charge >= 0.3 is 0 Å². The molecule has 3 aromatic rings. The van der Waals surface area contributed by atoms with Crippen LogP contribution < -0.4 is 5.73 Å². The molecule has 138 valence electrons. The fraction of sp³-hybridized carbons (Fsp3) is 0.333. The number of hydrogen-bond donors (Lipinski definition) is 3. The maximum atomic E-state index is 9.98. The lowest BCUT2D eigenvalue weighted by atomic mass is 9.92. The molecule has 4 nitrogen and oxygen atoms in total. The first-order valence-electron chi connectivity index (χ1n) is 9.01. The Morgan fingerprint density at radius 2 is 2.08 bits per heavy atom. The van der Waals surface area contributed by atoms with Crippen molar-refractivity contribution in [1.29, 1.82) is 0 Å². The number of rotatable bonds is 4. The van der Waals surface area contributed by atoms with Crippen molar-refractivity contribution in [3.05, 3.63) is 64.8 Å².